The largest absolute Gasteiger partial charge is 0.492 e. The molecule has 0 unspecified atom stereocenters. The minimum atomic E-state index is -0.257. The molecule has 0 aliphatic carbocycles. The highest BCUT2D eigenvalue weighted by Crippen LogP contribution is 2.34. The summed E-state index contributed by atoms with van der Waals surface area (Å²) < 4.78 is 7.42. The zero-order chi connectivity index (χ0) is 17.2. The molecule has 2 heterocycles. The Kier molecular flexibility index (Phi) is 3.98. The van der Waals surface area contributed by atoms with Crippen LogP contribution in [0.2, 0.25) is 0 Å². The van der Waals surface area contributed by atoms with E-state index in [1.165, 1.54) is 0 Å². The summed E-state index contributed by atoms with van der Waals surface area (Å²) >= 11 is 0. The minimum Gasteiger partial charge on any atom is -0.492 e. The van der Waals surface area contributed by atoms with Gasteiger partial charge in [0.2, 0.25) is 5.91 Å². The Bertz CT molecular complexity index is 889. The van der Waals surface area contributed by atoms with E-state index in [1.807, 2.05) is 67.7 Å². The lowest BCUT2D eigenvalue weighted by molar-refractivity contribution is -0.123. The van der Waals surface area contributed by atoms with Gasteiger partial charge in [0.25, 0.3) is 0 Å². The first-order valence-electron chi connectivity index (χ1n) is 8.34. The fourth-order valence-corrected chi connectivity index (χ4v) is 3.14. The molecule has 126 valence electrons. The Hall–Kier alpha value is -3.08. The summed E-state index contributed by atoms with van der Waals surface area (Å²) in [6.45, 7) is 2.38. The summed E-state index contributed by atoms with van der Waals surface area (Å²) in [7, 11) is 0. The van der Waals surface area contributed by atoms with Gasteiger partial charge in [-0.15, -0.1) is 0 Å². The molecule has 1 N–H and O–H groups in total. The van der Waals surface area contributed by atoms with Crippen molar-refractivity contribution in [1.29, 1.82) is 0 Å². The number of fused-ring (bicyclic) bond motifs is 1. The molecule has 0 radical (unpaired) electrons. The number of nitrogens with zero attached hydrogens (tertiary/aromatic N) is 2. The van der Waals surface area contributed by atoms with Crippen molar-refractivity contribution in [3.05, 3.63) is 78.1 Å². The number of rotatable bonds is 4. The lowest BCUT2D eigenvalue weighted by Gasteiger charge is -2.18. The van der Waals surface area contributed by atoms with Crippen molar-refractivity contribution in [2.45, 2.75) is 18.9 Å². The smallest absolute Gasteiger partial charge is 0.231 e. The van der Waals surface area contributed by atoms with Gasteiger partial charge >= 0.3 is 0 Å². The number of ether oxygens (including phenoxy) is 1. The van der Waals surface area contributed by atoms with Crippen LogP contribution in [0.5, 0.6) is 5.75 Å². The lowest BCUT2D eigenvalue weighted by Crippen LogP contribution is -2.32. The third-order valence-corrected chi connectivity index (χ3v) is 4.51. The Labute approximate surface area is 146 Å². The summed E-state index contributed by atoms with van der Waals surface area (Å²) in [5, 5.41) is 7.35. The fraction of sp³-hybridized carbons (Fsp3) is 0.200. The fourth-order valence-electron chi connectivity index (χ4n) is 3.14. The molecule has 1 aromatic heterocycles. The number of para-hydroxylation sites is 1. The maximum atomic E-state index is 12.7. The average molecular weight is 333 g/mol. The second-order valence-electron chi connectivity index (χ2n) is 6.18. The molecule has 1 amide bonds. The third kappa shape index (κ3) is 3.01. The SMILES string of the molecule is C[C@H](NC(=O)[C@@H]1COc2ccccc21)c1cccc(-n2cccn2)c1. The first kappa shape index (κ1) is 15.4. The molecule has 0 spiro atoms. The minimum absolute atomic E-state index is 0.0121. The molecule has 4 rings (SSSR count). The normalized spacial score (nSPS) is 16.8. The number of benzene rings is 2. The summed E-state index contributed by atoms with van der Waals surface area (Å²) in [5.41, 5.74) is 2.96. The van der Waals surface area contributed by atoms with Gasteiger partial charge in [-0.1, -0.05) is 30.3 Å². The molecule has 3 aromatic rings. The monoisotopic (exact) mass is 333 g/mol. The van der Waals surface area contributed by atoms with Gasteiger partial charge in [-0.25, -0.2) is 4.68 Å². The average Bonchev–Trinajstić information content (AvgIpc) is 3.31. The van der Waals surface area contributed by atoms with E-state index in [1.54, 1.807) is 10.9 Å². The van der Waals surface area contributed by atoms with E-state index in [0.29, 0.717) is 6.61 Å². The topological polar surface area (TPSA) is 56.1 Å². The van der Waals surface area contributed by atoms with E-state index in [9.17, 15) is 4.79 Å². The summed E-state index contributed by atoms with van der Waals surface area (Å²) in [6.07, 6.45) is 3.64. The van der Waals surface area contributed by atoms with Crippen molar-refractivity contribution in [3.8, 4) is 11.4 Å². The van der Waals surface area contributed by atoms with Crippen LogP contribution >= 0.6 is 0 Å². The van der Waals surface area contributed by atoms with Gasteiger partial charge in [-0.3, -0.25) is 4.79 Å². The number of nitrogens with one attached hydrogen (secondary N) is 1. The molecule has 2 aromatic carbocycles. The van der Waals surface area contributed by atoms with Crippen LogP contribution in [0.15, 0.2) is 67.0 Å². The predicted molar refractivity (Wildman–Crippen MR) is 94.8 cm³/mol. The maximum Gasteiger partial charge on any atom is 0.231 e. The summed E-state index contributed by atoms with van der Waals surface area (Å²) in [6, 6.07) is 17.5. The Morgan fingerprint density at radius 1 is 1.24 bits per heavy atom. The summed E-state index contributed by atoms with van der Waals surface area (Å²) in [4.78, 5) is 12.7. The first-order chi connectivity index (χ1) is 12.2. The van der Waals surface area contributed by atoms with Crippen LogP contribution in [0, 0.1) is 0 Å². The number of carbonyl (C=O) groups is 1. The predicted octanol–water partition coefficient (Wildman–Crippen LogP) is 3.23. The van der Waals surface area contributed by atoms with Crippen molar-refractivity contribution >= 4 is 5.91 Å². The molecule has 0 bridgehead atoms. The van der Waals surface area contributed by atoms with Crippen LogP contribution in [-0.2, 0) is 4.79 Å². The van der Waals surface area contributed by atoms with Gasteiger partial charge in [0.15, 0.2) is 0 Å². The van der Waals surface area contributed by atoms with Crippen molar-refractivity contribution in [2.24, 2.45) is 0 Å². The van der Waals surface area contributed by atoms with E-state index in [4.69, 9.17) is 4.74 Å². The molecule has 25 heavy (non-hydrogen) atoms. The highest BCUT2D eigenvalue weighted by Gasteiger charge is 2.30. The van der Waals surface area contributed by atoms with Gasteiger partial charge in [0.05, 0.1) is 11.7 Å². The molecule has 1 aliphatic heterocycles. The molecule has 0 saturated heterocycles. The molecule has 0 fully saturated rings. The molecule has 0 saturated carbocycles. The van der Waals surface area contributed by atoms with Gasteiger partial charge in [-0.05, 0) is 36.8 Å². The van der Waals surface area contributed by atoms with Crippen LogP contribution in [0.25, 0.3) is 5.69 Å². The number of hydrogen-bond donors (Lipinski definition) is 1. The number of hydrogen-bond acceptors (Lipinski definition) is 3. The van der Waals surface area contributed by atoms with Crippen LogP contribution < -0.4 is 10.1 Å². The lowest BCUT2D eigenvalue weighted by atomic mass is 9.99. The van der Waals surface area contributed by atoms with Gasteiger partial charge in [-0.2, -0.15) is 5.10 Å². The van der Waals surface area contributed by atoms with Crippen molar-refractivity contribution < 1.29 is 9.53 Å². The van der Waals surface area contributed by atoms with E-state index >= 15 is 0 Å². The number of carbonyl (C=O) groups excluding carboxylic acids is 1. The molecular weight excluding hydrogens is 314 g/mol. The standard InChI is InChI=1S/C20H19N3O2/c1-14(15-6-4-7-16(12-15)23-11-5-10-21-23)22-20(24)18-13-25-19-9-3-2-8-17(18)19/h2-12,14,18H,13H2,1H3,(H,22,24)/t14-,18+/m0/s1. The van der Waals surface area contributed by atoms with Crippen molar-refractivity contribution in [1.82, 2.24) is 15.1 Å². The highest BCUT2D eigenvalue weighted by molar-refractivity contribution is 5.85. The Morgan fingerprint density at radius 2 is 2.12 bits per heavy atom. The van der Waals surface area contributed by atoms with Gasteiger partial charge < -0.3 is 10.1 Å². The Balaban J connectivity index is 1.50. The molecule has 2 atom stereocenters. The van der Waals surface area contributed by atoms with E-state index in [0.717, 1.165) is 22.6 Å². The molecule has 5 heteroatoms. The van der Waals surface area contributed by atoms with Crippen LogP contribution in [-0.4, -0.2) is 22.3 Å². The van der Waals surface area contributed by atoms with Crippen LogP contribution in [0.4, 0.5) is 0 Å². The summed E-state index contributed by atoms with van der Waals surface area (Å²) in [5.74, 6) is 0.533. The highest BCUT2D eigenvalue weighted by atomic mass is 16.5. The quantitative estimate of drug-likeness (QED) is 0.797. The van der Waals surface area contributed by atoms with E-state index in [2.05, 4.69) is 10.4 Å². The van der Waals surface area contributed by atoms with Crippen molar-refractivity contribution in [3.63, 3.8) is 0 Å². The van der Waals surface area contributed by atoms with Gasteiger partial charge in [0.1, 0.15) is 18.3 Å². The number of amides is 1. The van der Waals surface area contributed by atoms with Crippen LogP contribution in [0.3, 0.4) is 0 Å². The van der Waals surface area contributed by atoms with E-state index in [-0.39, 0.29) is 17.9 Å². The third-order valence-electron chi connectivity index (χ3n) is 4.51. The molecule has 1 aliphatic rings. The molecular formula is C20H19N3O2. The zero-order valence-corrected chi connectivity index (χ0v) is 13.9. The zero-order valence-electron chi connectivity index (χ0n) is 13.9. The van der Waals surface area contributed by atoms with Crippen molar-refractivity contribution in [2.75, 3.05) is 6.61 Å². The van der Waals surface area contributed by atoms with E-state index < -0.39 is 0 Å². The van der Waals surface area contributed by atoms with Crippen LogP contribution in [0.1, 0.15) is 30.0 Å². The molecule has 5 nitrogen and oxygen atoms in total. The maximum absolute atomic E-state index is 12.7. The van der Waals surface area contributed by atoms with Gasteiger partial charge in [0, 0.05) is 18.0 Å². The second kappa shape index (κ2) is 6.43. The first-order valence-corrected chi connectivity index (χ1v) is 8.34. The Morgan fingerprint density at radius 3 is 2.96 bits per heavy atom. The second-order valence-corrected chi connectivity index (χ2v) is 6.18. The number of aromatic nitrogens is 2.